The molecule has 0 aliphatic carbocycles. The lowest BCUT2D eigenvalue weighted by Gasteiger charge is -2.18. The third-order valence-corrected chi connectivity index (χ3v) is 5.34. The van der Waals surface area contributed by atoms with Crippen LogP contribution in [0.3, 0.4) is 0 Å². The molecule has 2 N–H and O–H groups in total. The van der Waals surface area contributed by atoms with Crippen LogP contribution in [-0.2, 0) is 9.59 Å². The van der Waals surface area contributed by atoms with E-state index in [4.69, 9.17) is 9.47 Å². The molecule has 0 aliphatic rings. The van der Waals surface area contributed by atoms with Gasteiger partial charge in [0.2, 0.25) is 11.8 Å². The van der Waals surface area contributed by atoms with Crippen molar-refractivity contribution in [1.82, 2.24) is 5.32 Å². The maximum absolute atomic E-state index is 12.3. The van der Waals surface area contributed by atoms with Crippen LogP contribution in [0.25, 0.3) is 0 Å². The molecule has 0 aliphatic heterocycles. The number of rotatable bonds is 9. The molecule has 1 atom stereocenters. The Morgan fingerprint density at radius 3 is 2.38 bits per heavy atom. The zero-order valence-electron chi connectivity index (χ0n) is 17.5. The van der Waals surface area contributed by atoms with Gasteiger partial charge < -0.3 is 20.1 Å². The first-order chi connectivity index (χ1) is 13.8. The zero-order chi connectivity index (χ0) is 21.4. The number of benzene rings is 2. The van der Waals surface area contributed by atoms with Gasteiger partial charge in [0.05, 0.1) is 31.8 Å². The van der Waals surface area contributed by atoms with Crippen molar-refractivity contribution in [1.29, 1.82) is 0 Å². The zero-order valence-corrected chi connectivity index (χ0v) is 18.3. The summed E-state index contributed by atoms with van der Waals surface area (Å²) >= 11 is 1.27. The third-order valence-electron chi connectivity index (χ3n) is 4.40. The van der Waals surface area contributed by atoms with Crippen LogP contribution in [0.1, 0.15) is 29.7 Å². The molecule has 156 valence electrons. The van der Waals surface area contributed by atoms with Crippen LogP contribution in [0.5, 0.6) is 11.5 Å². The van der Waals surface area contributed by atoms with Crippen LogP contribution >= 0.6 is 11.8 Å². The van der Waals surface area contributed by atoms with Gasteiger partial charge >= 0.3 is 0 Å². The highest BCUT2D eigenvalue weighted by molar-refractivity contribution is 8.00. The maximum atomic E-state index is 12.3. The molecule has 0 fully saturated rings. The van der Waals surface area contributed by atoms with Crippen LogP contribution in [0.4, 0.5) is 5.69 Å². The number of ether oxygens (including phenoxy) is 2. The van der Waals surface area contributed by atoms with Crippen molar-refractivity contribution in [3.63, 3.8) is 0 Å². The van der Waals surface area contributed by atoms with Crippen molar-refractivity contribution in [3.8, 4) is 11.5 Å². The Balaban J connectivity index is 1.83. The minimum Gasteiger partial charge on any atom is -0.497 e. The van der Waals surface area contributed by atoms with E-state index in [0.29, 0.717) is 11.5 Å². The monoisotopic (exact) mass is 416 g/mol. The van der Waals surface area contributed by atoms with Gasteiger partial charge in [-0.05, 0) is 50.6 Å². The predicted octanol–water partition coefficient (Wildman–Crippen LogP) is 3.87. The number of anilines is 1. The van der Waals surface area contributed by atoms with Crippen LogP contribution in [-0.4, -0.2) is 37.5 Å². The Hall–Kier alpha value is -2.67. The van der Waals surface area contributed by atoms with E-state index in [2.05, 4.69) is 10.6 Å². The predicted molar refractivity (Wildman–Crippen MR) is 118 cm³/mol. The quantitative estimate of drug-likeness (QED) is 0.649. The molecule has 0 unspecified atom stereocenters. The number of nitrogens with one attached hydrogen (secondary N) is 2. The minimum absolute atomic E-state index is 0.128. The summed E-state index contributed by atoms with van der Waals surface area (Å²) in [7, 11) is 3.18. The van der Waals surface area contributed by atoms with Crippen molar-refractivity contribution in [2.24, 2.45) is 0 Å². The van der Waals surface area contributed by atoms with E-state index in [1.165, 1.54) is 11.8 Å². The Kier molecular flexibility index (Phi) is 8.39. The fourth-order valence-electron chi connectivity index (χ4n) is 2.92. The Morgan fingerprint density at radius 1 is 1.00 bits per heavy atom. The Labute approximate surface area is 176 Å². The summed E-state index contributed by atoms with van der Waals surface area (Å²) in [6, 6.07) is 11.1. The van der Waals surface area contributed by atoms with E-state index in [1.807, 2.05) is 51.1 Å². The van der Waals surface area contributed by atoms with Crippen molar-refractivity contribution < 1.29 is 19.1 Å². The summed E-state index contributed by atoms with van der Waals surface area (Å²) in [5, 5.41) is 5.82. The average Bonchev–Trinajstić information content (AvgIpc) is 2.69. The summed E-state index contributed by atoms with van der Waals surface area (Å²) in [6.07, 6.45) is 0. The van der Waals surface area contributed by atoms with E-state index in [0.717, 1.165) is 22.4 Å². The highest BCUT2D eigenvalue weighted by Crippen LogP contribution is 2.29. The minimum atomic E-state index is -0.253. The van der Waals surface area contributed by atoms with Crippen molar-refractivity contribution in [2.45, 2.75) is 26.8 Å². The van der Waals surface area contributed by atoms with E-state index < -0.39 is 0 Å². The topological polar surface area (TPSA) is 76.7 Å². The molecule has 0 radical (unpaired) electrons. The molecule has 29 heavy (non-hydrogen) atoms. The van der Waals surface area contributed by atoms with E-state index in [1.54, 1.807) is 20.3 Å². The molecule has 6 nitrogen and oxygen atoms in total. The lowest BCUT2D eigenvalue weighted by atomic mass is 10.1. The first kappa shape index (κ1) is 22.6. The van der Waals surface area contributed by atoms with E-state index in [9.17, 15) is 9.59 Å². The molecular weight excluding hydrogens is 388 g/mol. The van der Waals surface area contributed by atoms with Crippen LogP contribution in [0.15, 0.2) is 36.4 Å². The standard InChI is InChI=1S/C22H28N2O4S/c1-14-6-8-19(15(2)10-14)24-22(26)13-29-12-21(25)23-16(3)18-11-17(27-4)7-9-20(18)28-5/h6-11,16H,12-13H2,1-5H3,(H,23,25)(H,24,26)/t16-/m0/s1. The normalized spacial score (nSPS) is 11.5. The molecule has 2 amide bonds. The van der Waals surface area contributed by atoms with Gasteiger partial charge in [0.1, 0.15) is 11.5 Å². The van der Waals surface area contributed by atoms with E-state index in [-0.39, 0.29) is 29.4 Å². The molecule has 0 bridgehead atoms. The third kappa shape index (κ3) is 6.71. The summed E-state index contributed by atoms with van der Waals surface area (Å²) in [5.74, 6) is 1.50. The second-order valence-electron chi connectivity index (χ2n) is 6.76. The van der Waals surface area contributed by atoms with Gasteiger partial charge in [0, 0.05) is 11.3 Å². The number of aryl methyl sites for hydroxylation is 2. The lowest BCUT2D eigenvalue weighted by Crippen LogP contribution is -2.29. The van der Waals surface area contributed by atoms with Gasteiger partial charge in [-0.3, -0.25) is 9.59 Å². The molecule has 0 saturated carbocycles. The highest BCUT2D eigenvalue weighted by atomic mass is 32.2. The molecular formula is C22H28N2O4S. The average molecular weight is 417 g/mol. The van der Waals surface area contributed by atoms with Gasteiger partial charge in [0.25, 0.3) is 0 Å². The van der Waals surface area contributed by atoms with Crippen molar-refractivity contribution >= 4 is 29.3 Å². The number of amides is 2. The smallest absolute Gasteiger partial charge is 0.234 e. The second kappa shape index (κ2) is 10.8. The Morgan fingerprint density at radius 2 is 1.72 bits per heavy atom. The number of hydrogen-bond donors (Lipinski definition) is 2. The van der Waals surface area contributed by atoms with Crippen molar-refractivity contribution in [2.75, 3.05) is 31.0 Å². The molecule has 0 saturated heterocycles. The van der Waals surface area contributed by atoms with Gasteiger partial charge in [-0.25, -0.2) is 0 Å². The maximum Gasteiger partial charge on any atom is 0.234 e. The summed E-state index contributed by atoms with van der Waals surface area (Å²) in [6.45, 7) is 5.85. The first-order valence-corrected chi connectivity index (χ1v) is 10.5. The molecule has 2 rings (SSSR count). The van der Waals surface area contributed by atoms with Crippen LogP contribution < -0.4 is 20.1 Å². The number of thioether (sulfide) groups is 1. The molecule has 2 aromatic carbocycles. The molecule has 0 aromatic heterocycles. The van der Waals surface area contributed by atoms with Crippen LogP contribution in [0.2, 0.25) is 0 Å². The van der Waals surface area contributed by atoms with E-state index >= 15 is 0 Å². The summed E-state index contributed by atoms with van der Waals surface area (Å²) in [5.41, 5.74) is 3.79. The van der Waals surface area contributed by atoms with Gasteiger partial charge in [-0.15, -0.1) is 11.8 Å². The van der Waals surface area contributed by atoms with Crippen molar-refractivity contribution in [3.05, 3.63) is 53.1 Å². The van der Waals surface area contributed by atoms with Gasteiger partial charge in [-0.2, -0.15) is 0 Å². The Bertz CT molecular complexity index is 870. The summed E-state index contributed by atoms with van der Waals surface area (Å²) < 4.78 is 10.6. The number of hydrogen-bond acceptors (Lipinski definition) is 5. The lowest BCUT2D eigenvalue weighted by molar-refractivity contribution is -0.119. The van der Waals surface area contributed by atoms with Crippen LogP contribution in [0, 0.1) is 13.8 Å². The molecule has 7 heteroatoms. The first-order valence-electron chi connectivity index (χ1n) is 9.30. The molecule has 0 spiro atoms. The fourth-order valence-corrected chi connectivity index (χ4v) is 3.54. The largest absolute Gasteiger partial charge is 0.497 e. The second-order valence-corrected chi connectivity index (χ2v) is 7.74. The molecule has 2 aromatic rings. The highest BCUT2D eigenvalue weighted by Gasteiger charge is 2.16. The number of carbonyl (C=O) groups is 2. The summed E-state index contributed by atoms with van der Waals surface area (Å²) in [4.78, 5) is 24.4. The SMILES string of the molecule is COc1ccc(OC)c([C@H](C)NC(=O)CSCC(=O)Nc2ccc(C)cc2C)c1. The molecule has 0 heterocycles. The number of methoxy groups -OCH3 is 2. The number of carbonyl (C=O) groups excluding carboxylic acids is 2. The van der Waals surface area contributed by atoms with Gasteiger partial charge in [0.15, 0.2) is 0 Å². The van der Waals surface area contributed by atoms with Gasteiger partial charge in [-0.1, -0.05) is 17.7 Å². The fraction of sp³-hybridized carbons (Fsp3) is 0.364.